The maximum atomic E-state index is 3.55. The van der Waals surface area contributed by atoms with Gasteiger partial charge in [-0.3, -0.25) is 9.80 Å². The Morgan fingerprint density at radius 3 is 2.84 bits per heavy atom. The molecule has 19 heavy (non-hydrogen) atoms. The summed E-state index contributed by atoms with van der Waals surface area (Å²) in [4.78, 5) is 5.26. The predicted molar refractivity (Wildman–Crippen MR) is 82.3 cm³/mol. The molecule has 1 N–H and O–H groups in total. The van der Waals surface area contributed by atoms with Crippen molar-refractivity contribution in [3.8, 4) is 0 Å². The van der Waals surface area contributed by atoms with E-state index >= 15 is 0 Å². The van der Waals surface area contributed by atoms with Crippen LogP contribution in [0.5, 0.6) is 0 Å². The fourth-order valence-corrected chi connectivity index (χ4v) is 3.64. The number of hydrogen-bond donors (Lipinski definition) is 1. The molecule has 0 aromatic heterocycles. The molecule has 0 aliphatic carbocycles. The second-order valence-corrected chi connectivity index (χ2v) is 6.51. The molecule has 0 bridgehead atoms. The molecule has 1 atom stereocenters. The SMILES string of the molecule is Brc1cccc(CN2CCC(N3CCNCC3)C2)c1. The van der Waals surface area contributed by atoms with E-state index in [1.54, 1.807) is 0 Å². The lowest BCUT2D eigenvalue weighted by atomic mass is 10.2. The van der Waals surface area contributed by atoms with E-state index in [-0.39, 0.29) is 0 Å². The van der Waals surface area contributed by atoms with Crippen molar-refractivity contribution in [2.24, 2.45) is 0 Å². The first kappa shape index (κ1) is 13.6. The molecule has 1 unspecified atom stereocenters. The van der Waals surface area contributed by atoms with E-state index in [2.05, 4.69) is 55.3 Å². The van der Waals surface area contributed by atoms with Gasteiger partial charge in [-0.05, 0) is 24.1 Å². The number of benzene rings is 1. The predicted octanol–water partition coefficient (Wildman–Crippen LogP) is 1.93. The number of likely N-dealkylation sites (tertiary alicyclic amines) is 1. The summed E-state index contributed by atoms with van der Waals surface area (Å²) in [5, 5.41) is 3.43. The molecule has 1 aromatic rings. The summed E-state index contributed by atoms with van der Waals surface area (Å²) in [5.74, 6) is 0. The average Bonchev–Trinajstić information content (AvgIpc) is 2.88. The Balaban J connectivity index is 1.54. The second-order valence-electron chi connectivity index (χ2n) is 5.59. The largest absolute Gasteiger partial charge is 0.314 e. The van der Waals surface area contributed by atoms with Gasteiger partial charge >= 0.3 is 0 Å². The normalized spacial score (nSPS) is 25.8. The minimum absolute atomic E-state index is 0.772. The molecule has 0 radical (unpaired) electrons. The summed E-state index contributed by atoms with van der Waals surface area (Å²) in [7, 11) is 0. The van der Waals surface area contributed by atoms with Gasteiger partial charge in [-0.15, -0.1) is 0 Å². The van der Waals surface area contributed by atoms with Crippen molar-refractivity contribution in [3.63, 3.8) is 0 Å². The third-order valence-corrected chi connectivity index (χ3v) is 4.70. The third-order valence-electron chi connectivity index (χ3n) is 4.21. The first-order chi connectivity index (χ1) is 9.31. The van der Waals surface area contributed by atoms with Crippen LogP contribution in [0.2, 0.25) is 0 Å². The van der Waals surface area contributed by atoms with Crippen LogP contribution < -0.4 is 5.32 Å². The molecule has 2 heterocycles. The second kappa shape index (κ2) is 6.35. The molecular formula is C15H22BrN3. The lowest BCUT2D eigenvalue weighted by Crippen LogP contribution is -2.49. The van der Waals surface area contributed by atoms with Crippen molar-refractivity contribution in [3.05, 3.63) is 34.3 Å². The quantitative estimate of drug-likeness (QED) is 0.917. The van der Waals surface area contributed by atoms with E-state index in [1.807, 2.05) is 0 Å². The molecule has 0 saturated carbocycles. The van der Waals surface area contributed by atoms with Crippen molar-refractivity contribution in [2.45, 2.75) is 19.0 Å². The van der Waals surface area contributed by atoms with Gasteiger partial charge in [0.05, 0.1) is 0 Å². The van der Waals surface area contributed by atoms with E-state index in [4.69, 9.17) is 0 Å². The Hall–Kier alpha value is -0.420. The van der Waals surface area contributed by atoms with Crippen LogP contribution in [0.25, 0.3) is 0 Å². The zero-order valence-corrected chi connectivity index (χ0v) is 12.9. The van der Waals surface area contributed by atoms with Crippen LogP contribution >= 0.6 is 15.9 Å². The van der Waals surface area contributed by atoms with Gasteiger partial charge in [0.2, 0.25) is 0 Å². The smallest absolute Gasteiger partial charge is 0.0236 e. The Bertz CT molecular complexity index is 418. The molecule has 1 aromatic carbocycles. The van der Waals surface area contributed by atoms with E-state index in [9.17, 15) is 0 Å². The number of nitrogens with one attached hydrogen (secondary N) is 1. The zero-order chi connectivity index (χ0) is 13.1. The number of piperazine rings is 1. The maximum absolute atomic E-state index is 3.55. The van der Waals surface area contributed by atoms with Crippen molar-refractivity contribution in [1.29, 1.82) is 0 Å². The summed E-state index contributed by atoms with van der Waals surface area (Å²) in [5.41, 5.74) is 1.41. The van der Waals surface area contributed by atoms with Gasteiger partial charge in [0.15, 0.2) is 0 Å². The monoisotopic (exact) mass is 323 g/mol. The Morgan fingerprint density at radius 2 is 2.05 bits per heavy atom. The lowest BCUT2D eigenvalue weighted by Gasteiger charge is -2.32. The third kappa shape index (κ3) is 3.57. The van der Waals surface area contributed by atoms with E-state index in [0.29, 0.717) is 0 Å². The summed E-state index contributed by atoms with van der Waals surface area (Å²) in [6.45, 7) is 8.30. The molecule has 3 rings (SSSR count). The molecule has 2 aliphatic heterocycles. The van der Waals surface area contributed by atoms with Crippen LogP contribution in [0, 0.1) is 0 Å². The fourth-order valence-electron chi connectivity index (χ4n) is 3.19. The van der Waals surface area contributed by atoms with E-state index in [1.165, 1.54) is 42.6 Å². The Labute approximate surface area is 124 Å². The van der Waals surface area contributed by atoms with Crippen molar-refractivity contribution >= 4 is 15.9 Å². The van der Waals surface area contributed by atoms with Crippen molar-refractivity contribution in [2.75, 3.05) is 39.3 Å². The van der Waals surface area contributed by atoms with E-state index in [0.717, 1.165) is 25.7 Å². The molecule has 104 valence electrons. The maximum Gasteiger partial charge on any atom is 0.0236 e. The fraction of sp³-hybridized carbons (Fsp3) is 0.600. The molecule has 3 nitrogen and oxygen atoms in total. The van der Waals surface area contributed by atoms with Gasteiger partial charge in [-0.1, -0.05) is 28.1 Å². The molecular weight excluding hydrogens is 302 g/mol. The summed E-state index contributed by atoms with van der Waals surface area (Å²) < 4.78 is 1.18. The van der Waals surface area contributed by atoms with Crippen LogP contribution in [-0.4, -0.2) is 55.1 Å². The molecule has 2 saturated heterocycles. The highest BCUT2D eigenvalue weighted by atomic mass is 79.9. The average molecular weight is 324 g/mol. The van der Waals surface area contributed by atoms with Gasteiger partial charge in [-0.2, -0.15) is 0 Å². The highest BCUT2D eigenvalue weighted by Gasteiger charge is 2.28. The van der Waals surface area contributed by atoms with Crippen molar-refractivity contribution < 1.29 is 0 Å². The Morgan fingerprint density at radius 1 is 1.21 bits per heavy atom. The zero-order valence-electron chi connectivity index (χ0n) is 11.3. The summed E-state index contributed by atoms with van der Waals surface area (Å²) >= 11 is 3.55. The summed E-state index contributed by atoms with van der Waals surface area (Å²) in [6.07, 6.45) is 1.33. The topological polar surface area (TPSA) is 18.5 Å². The molecule has 0 amide bonds. The van der Waals surface area contributed by atoms with Crippen LogP contribution in [0.3, 0.4) is 0 Å². The van der Waals surface area contributed by atoms with E-state index < -0.39 is 0 Å². The molecule has 4 heteroatoms. The molecule has 2 fully saturated rings. The molecule has 0 spiro atoms. The number of hydrogen-bond acceptors (Lipinski definition) is 3. The Kier molecular flexibility index (Phi) is 4.53. The minimum atomic E-state index is 0.772. The highest BCUT2D eigenvalue weighted by Crippen LogP contribution is 2.20. The van der Waals surface area contributed by atoms with Crippen molar-refractivity contribution in [1.82, 2.24) is 15.1 Å². The van der Waals surface area contributed by atoms with Crippen LogP contribution in [0.4, 0.5) is 0 Å². The van der Waals surface area contributed by atoms with Crippen LogP contribution in [-0.2, 0) is 6.54 Å². The van der Waals surface area contributed by atoms with Gasteiger partial charge < -0.3 is 5.32 Å². The highest BCUT2D eigenvalue weighted by molar-refractivity contribution is 9.10. The van der Waals surface area contributed by atoms with Gasteiger partial charge in [0, 0.05) is 56.3 Å². The van der Waals surface area contributed by atoms with Crippen LogP contribution in [0.15, 0.2) is 28.7 Å². The molecule has 2 aliphatic rings. The van der Waals surface area contributed by atoms with Gasteiger partial charge in [0.1, 0.15) is 0 Å². The number of halogens is 1. The van der Waals surface area contributed by atoms with Gasteiger partial charge in [-0.25, -0.2) is 0 Å². The lowest BCUT2D eigenvalue weighted by molar-refractivity contribution is 0.170. The first-order valence-corrected chi connectivity index (χ1v) is 8.02. The summed E-state index contributed by atoms with van der Waals surface area (Å²) in [6, 6.07) is 9.45. The first-order valence-electron chi connectivity index (χ1n) is 7.23. The number of rotatable bonds is 3. The standard InChI is InChI=1S/C15H22BrN3/c16-14-3-1-2-13(10-14)11-18-7-4-15(12-18)19-8-5-17-6-9-19/h1-3,10,15,17H,4-9,11-12H2. The van der Waals surface area contributed by atoms with Crippen LogP contribution in [0.1, 0.15) is 12.0 Å². The van der Waals surface area contributed by atoms with Gasteiger partial charge in [0.25, 0.3) is 0 Å². The number of nitrogens with zero attached hydrogens (tertiary/aromatic N) is 2. The minimum Gasteiger partial charge on any atom is -0.314 e.